The Hall–Kier alpha value is -2.73. The number of nitrogens with zero attached hydrogens (tertiary/aromatic N) is 4. The molecule has 0 aliphatic heterocycles. The number of carbonyl (C=O) groups is 1. The van der Waals surface area contributed by atoms with Crippen LogP contribution in [0, 0.1) is 6.92 Å². The summed E-state index contributed by atoms with van der Waals surface area (Å²) in [5.74, 6) is 0.414. The molecule has 1 amide bonds. The summed E-state index contributed by atoms with van der Waals surface area (Å²) in [7, 11) is 0. The third-order valence-corrected chi connectivity index (χ3v) is 3.83. The van der Waals surface area contributed by atoms with Gasteiger partial charge in [0.05, 0.1) is 11.7 Å². The van der Waals surface area contributed by atoms with Crippen LogP contribution in [0.15, 0.2) is 48.8 Å². The highest BCUT2D eigenvalue weighted by atomic mass is 35.5. The van der Waals surface area contributed by atoms with Crippen molar-refractivity contribution in [3.8, 4) is 5.69 Å². The van der Waals surface area contributed by atoms with Gasteiger partial charge in [0.25, 0.3) is 5.91 Å². The number of hydrogen-bond acceptors (Lipinski definition) is 4. The first-order valence-electron chi connectivity index (χ1n) is 7.45. The number of carbonyl (C=O) groups excluding carboxylic acids is 1. The number of halogens is 1. The highest BCUT2D eigenvalue weighted by Gasteiger charge is 2.18. The fraction of sp³-hybridized carbons (Fsp3) is 0.176. The number of hydrogen-bond donors (Lipinski definition) is 1. The van der Waals surface area contributed by atoms with Gasteiger partial charge < -0.3 is 5.32 Å². The summed E-state index contributed by atoms with van der Waals surface area (Å²) in [5, 5.41) is 7.81. The lowest BCUT2D eigenvalue weighted by molar-refractivity contribution is 0.0929. The van der Waals surface area contributed by atoms with Gasteiger partial charge in [-0.15, -0.1) is 5.10 Å². The van der Waals surface area contributed by atoms with E-state index in [1.165, 1.54) is 0 Å². The maximum atomic E-state index is 12.4. The molecule has 24 heavy (non-hydrogen) atoms. The molecule has 1 aromatic carbocycles. The summed E-state index contributed by atoms with van der Waals surface area (Å²) in [5.41, 5.74) is 1.71. The van der Waals surface area contributed by atoms with Gasteiger partial charge in [-0.2, -0.15) is 0 Å². The Morgan fingerprint density at radius 3 is 2.67 bits per heavy atom. The molecule has 0 saturated heterocycles. The van der Waals surface area contributed by atoms with Gasteiger partial charge in [0.2, 0.25) is 5.82 Å². The van der Waals surface area contributed by atoms with Crippen LogP contribution in [-0.2, 0) is 0 Å². The van der Waals surface area contributed by atoms with Gasteiger partial charge in [-0.1, -0.05) is 17.7 Å². The molecule has 0 spiro atoms. The van der Waals surface area contributed by atoms with Crippen molar-refractivity contribution in [2.24, 2.45) is 0 Å². The fourth-order valence-corrected chi connectivity index (χ4v) is 2.42. The molecule has 1 atom stereocenters. The second-order valence-corrected chi connectivity index (χ2v) is 5.79. The maximum absolute atomic E-state index is 12.4. The summed E-state index contributed by atoms with van der Waals surface area (Å²) in [4.78, 5) is 20.7. The zero-order chi connectivity index (χ0) is 17.1. The van der Waals surface area contributed by atoms with E-state index in [9.17, 15) is 4.79 Å². The minimum absolute atomic E-state index is 0.123. The number of nitrogens with one attached hydrogen (secondary N) is 1. The first-order valence-corrected chi connectivity index (χ1v) is 7.83. The Kier molecular flexibility index (Phi) is 4.57. The lowest BCUT2D eigenvalue weighted by Gasteiger charge is -2.12. The smallest absolute Gasteiger partial charge is 0.291 e. The van der Waals surface area contributed by atoms with E-state index in [0.29, 0.717) is 10.8 Å². The summed E-state index contributed by atoms with van der Waals surface area (Å²) >= 11 is 5.90. The molecule has 0 saturated carbocycles. The van der Waals surface area contributed by atoms with Crippen LogP contribution < -0.4 is 5.32 Å². The predicted molar refractivity (Wildman–Crippen MR) is 91.2 cm³/mol. The molecule has 0 bridgehead atoms. The largest absolute Gasteiger partial charge is 0.343 e. The third kappa shape index (κ3) is 3.44. The molecule has 7 heteroatoms. The SMILES string of the molecule is Cc1nc(C(=O)NC(C)c2cccnc2)nn1-c1ccc(Cl)cc1. The molecule has 6 nitrogen and oxygen atoms in total. The monoisotopic (exact) mass is 341 g/mol. The minimum Gasteiger partial charge on any atom is -0.343 e. The molecule has 2 aromatic heterocycles. The van der Waals surface area contributed by atoms with Crippen molar-refractivity contribution in [2.45, 2.75) is 19.9 Å². The van der Waals surface area contributed by atoms with Gasteiger partial charge in [0, 0.05) is 17.4 Å². The van der Waals surface area contributed by atoms with Crippen LogP contribution in [0.25, 0.3) is 5.69 Å². The first kappa shape index (κ1) is 16.1. The second-order valence-electron chi connectivity index (χ2n) is 5.35. The highest BCUT2D eigenvalue weighted by Crippen LogP contribution is 2.15. The summed E-state index contributed by atoms with van der Waals surface area (Å²) in [6.45, 7) is 3.68. The van der Waals surface area contributed by atoms with Gasteiger partial charge in [-0.05, 0) is 49.7 Å². The van der Waals surface area contributed by atoms with Crippen molar-refractivity contribution in [2.75, 3.05) is 0 Å². The third-order valence-electron chi connectivity index (χ3n) is 3.58. The number of aromatic nitrogens is 4. The Morgan fingerprint density at radius 2 is 2.00 bits per heavy atom. The Labute approximate surface area is 144 Å². The standard InChI is InChI=1S/C17H16ClN5O/c1-11(13-4-3-9-19-10-13)20-17(24)16-21-12(2)23(22-16)15-7-5-14(18)6-8-15/h3-11H,1-2H3,(H,20,24). The summed E-state index contributed by atoms with van der Waals surface area (Å²) in [6.07, 6.45) is 3.41. The van der Waals surface area contributed by atoms with Crippen molar-refractivity contribution >= 4 is 17.5 Å². The van der Waals surface area contributed by atoms with Crippen LogP contribution in [-0.4, -0.2) is 25.7 Å². The molecule has 0 aliphatic rings. The Bertz CT molecular complexity index is 845. The molecule has 3 rings (SSSR count). The van der Waals surface area contributed by atoms with Crippen molar-refractivity contribution < 1.29 is 4.79 Å². The normalized spacial score (nSPS) is 12.0. The topological polar surface area (TPSA) is 72.7 Å². The van der Waals surface area contributed by atoms with Crippen LogP contribution in [0.2, 0.25) is 5.02 Å². The van der Waals surface area contributed by atoms with E-state index < -0.39 is 0 Å². The molecule has 0 fully saturated rings. The van der Waals surface area contributed by atoms with E-state index in [4.69, 9.17) is 11.6 Å². The average molecular weight is 342 g/mol. The number of amides is 1. The van der Waals surface area contributed by atoms with Crippen LogP contribution in [0.3, 0.4) is 0 Å². The summed E-state index contributed by atoms with van der Waals surface area (Å²) < 4.78 is 1.61. The molecule has 122 valence electrons. The van der Waals surface area contributed by atoms with Gasteiger partial charge in [0.15, 0.2) is 0 Å². The zero-order valence-electron chi connectivity index (χ0n) is 13.3. The Morgan fingerprint density at radius 1 is 1.25 bits per heavy atom. The predicted octanol–water partition coefficient (Wildman–Crippen LogP) is 3.12. The first-order chi connectivity index (χ1) is 11.5. The molecule has 1 N–H and O–H groups in total. The van der Waals surface area contributed by atoms with E-state index in [2.05, 4.69) is 20.4 Å². The lowest BCUT2D eigenvalue weighted by atomic mass is 10.1. The molecule has 1 unspecified atom stereocenters. The average Bonchev–Trinajstić information content (AvgIpc) is 2.98. The van der Waals surface area contributed by atoms with Gasteiger partial charge in [0.1, 0.15) is 5.82 Å². The van der Waals surface area contributed by atoms with Crippen molar-refractivity contribution in [1.82, 2.24) is 25.1 Å². The van der Waals surface area contributed by atoms with Crippen LogP contribution in [0.5, 0.6) is 0 Å². The van der Waals surface area contributed by atoms with E-state index in [-0.39, 0.29) is 17.8 Å². The molecular weight excluding hydrogens is 326 g/mol. The van der Waals surface area contributed by atoms with Gasteiger partial charge in [-0.3, -0.25) is 9.78 Å². The van der Waals surface area contributed by atoms with E-state index >= 15 is 0 Å². The number of aryl methyl sites for hydroxylation is 1. The lowest BCUT2D eigenvalue weighted by Crippen LogP contribution is -2.27. The maximum Gasteiger partial charge on any atom is 0.291 e. The molecule has 3 aromatic rings. The highest BCUT2D eigenvalue weighted by molar-refractivity contribution is 6.30. The molecule has 2 heterocycles. The van der Waals surface area contributed by atoms with Crippen LogP contribution >= 0.6 is 11.6 Å². The van der Waals surface area contributed by atoms with Gasteiger partial charge in [-0.25, -0.2) is 9.67 Å². The van der Waals surface area contributed by atoms with Crippen molar-refractivity contribution in [3.05, 3.63) is 71.0 Å². The molecule has 0 radical (unpaired) electrons. The molecule has 0 aliphatic carbocycles. The van der Waals surface area contributed by atoms with Crippen LogP contribution in [0.1, 0.15) is 35.0 Å². The van der Waals surface area contributed by atoms with Gasteiger partial charge >= 0.3 is 0 Å². The Balaban J connectivity index is 1.79. The van der Waals surface area contributed by atoms with Crippen LogP contribution in [0.4, 0.5) is 0 Å². The van der Waals surface area contributed by atoms with Crippen molar-refractivity contribution in [1.29, 1.82) is 0 Å². The van der Waals surface area contributed by atoms with Crippen molar-refractivity contribution in [3.63, 3.8) is 0 Å². The number of pyridine rings is 1. The summed E-state index contributed by atoms with van der Waals surface area (Å²) in [6, 6.07) is 10.7. The minimum atomic E-state index is -0.331. The fourth-order valence-electron chi connectivity index (χ4n) is 2.29. The van der Waals surface area contributed by atoms with E-state index in [1.807, 2.05) is 31.2 Å². The molecular formula is C17H16ClN5O. The second kappa shape index (κ2) is 6.80. The van der Waals surface area contributed by atoms with E-state index in [1.54, 1.807) is 36.1 Å². The quantitative estimate of drug-likeness (QED) is 0.791. The van der Waals surface area contributed by atoms with E-state index in [0.717, 1.165) is 11.3 Å². The zero-order valence-corrected chi connectivity index (χ0v) is 14.0. The number of benzene rings is 1. The number of rotatable bonds is 4.